The molecule has 0 saturated heterocycles. The van der Waals surface area contributed by atoms with Gasteiger partial charge in [0, 0.05) is 12.5 Å². The maximum Gasteiger partial charge on any atom is 0.245 e. The van der Waals surface area contributed by atoms with Crippen LogP contribution in [0.1, 0.15) is 50.5 Å². The molecular formula is C20H27N3O3. The first kappa shape index (κ1) is 19.7. The van der Waals surface area contributed by atoms with Crippen molar-refractivity contribution >= 4 is 17.6 Å². The van der Waals surface area contributed by atoms with Gasteiger partial charge >= 0.3 is 0 Å². The van der Waals surface area contributed by atoms with Crippen LogP contribution in [0.25, 0.3) is 0 Å². The monoisotopic (exact) mass is 357 g/mol. The average Bonchev–Trinajstić information content (AvgIpc) is 2.97. The van der Waals surface area contributed by atoms with Crippen LogP contribution in [0.15, 0.2) is 34.9 Å². The molecular weight excluding hydrogens is 330 g/mol. The minimum atomic E-state index is -0.329. The van der Waals surface area contributed by atoms with Crippen molar-refractivity contribution in [3.63, 3.8) is 0 Å². The summed E-state index contributed by atoms with van der Waals surface area (Å²) in [7, 11) is 0. The summed E-state index contributed by atoms with van der Waals surface area (Å²) in [6, 6.07) is 10.1. The predicted octanol–water partition coefficient (Wildman–Crippen LogP) is 3.36. The van der Waals surface area contributed by atoms with Gasteiger partial charge in [0.1, 0.15) is 5.76 Å². The van der Waals surface area contributed by atoms with Gasteiger partial charge in [0.2, 0.25) is 11.8 Å². The lowest BCUT2D eigenvalue weighted by Gasteiger charge is -2.19. The van der Waals surface area contributed by atoms with E-state index in [-0.39, 0.29) is 23.8 Å². The van der Waals surface area contributed by atoms with Crippen molar-refractivity contribution < 1.29 is 14.1 Å². The number of benzene rings is 1. The van der Waals surface area contributed by atoms with Gasteiger partial charge in [0.15, 0.2) is 5.82 Å². The second kappa shape index (κ2) is 8.65. The van der Waals surface area contributed by atoms with Gasteiger partial charge in [-0.15, -0.1) is 0 Å². The molecule has 1 aromatic carbocycles. The maximum atomic E-state index is 11.9. The SMILES string of the molecule is Cc1cc(NC(=O)CNC(=O)CCCc2ccc(C(C)(C)C)cc2)no1. The Morgan fingerprint density at radius 1 is 1.12 bits per heavy atom. The molecule has 0 unspecified atom stereocenters. The fourth-order valence-electron chi connectivity index (χ4n) is 2.50. The van der Waals surface area contributed by atoms with Crippen LogP contribution in [0.5, 0.6) is 0 Å². The lowest BCUT2D eigenvalue weighted by atomic mass is 9.86. The number of nitrogens with zero attached hydrogens (tertiary/aromatic N) is 1. The van der Waals surface area contributed by atoms with Crippen LogP contribution in [0, 0.1) is 6.92 Å². The van der Waals surface area contributed by atoms with Gasteiger partial charge in [-0.25, -0.2) is 0 Å². The standard InChI is InChI=1S/C20H27N3O3/c1-14-12-17(23-26-14)22-19(25)13-21-18(24)7-5-6-15-8-10-16(11-9-15)20(2,3)4/h8-12H,5-7,13H2,1-4H3,(H,21,24)(H,22,23,25). The van der Waals surface area contributed by atoms with Gasteiger partial charge in [-0.2, -0.15) is 0 Å². The van der Waals surface area contributed by atoms with Crippen molar-refractivity contribution in [2.24, 2.45) is 0 Å². The highest BCUT2D eigenvalue weighted by Gasteiger charge is 2.13. The molecule has 0 radical (unpaired) electrons. The van der Waals surface area contributed by atoms with Crippen LogP contribution in [0.4, 0.5) is 5.82 Å². The van der Waals surface area contributed by atoms with Crippen molar-refractivity contribution in [2.75, 3.05) is 11.9 Å². The summed E-state index contributed by atoms with van der Waals surface area (Å²) in [6.45, 7) is 8.22. The Morgan fingerprint density at radius 2 is 1.81 bits per heavy atom. The van der Waals surface area contributed by atoms with Crippen molar-refractivity contribution in [3.8, 4) is 0 Å². The highest BCUT2D eigenvalue weighted by Crippen LogP contribution is 2.22. The number of hydrogen-bond donors (Lipinski definition) is 2. The molecule has 0 atom stereocenters. The number of carbonyl (C=O) groups excluding carboxylic acids is 2. The first-order valence-corrected chi connectivity index (χ1v) is 8.83. The molecule has 2 aromatic rings. The highest BCUT2D eigenvalue weighted by atomic mass is 16.5. The second-order valence-electron chi connectivity index (χ2n) is 7.45. The van der Waals surface area contributed by atoms with E-state index in [0.29, 0.717) is 18.0 Å². The summed E-state index contributed by atoms with van der Waals surface area (Å²) in [5.74, 6) is 0.493. The molecule has 140 valence electrons. The molecule has 2 rings (SSSR count). The Morgan fingerprint density at radius 3 is 2.38 bits per heavy atom. The van der Waals surface area contributed by atoms with Crippen LogP contribution in [0.3, 0.4) is 0 Å². The lowest BCUT2D eigenvalue weighted by molar-refractivity contribution is -0.124. The molecule has 6 heteroatoms. The molecule has 0 fully saturated rings. The number of nitrogens with one attached hydrogen (secondary N) is 2. The third-order valence-corrected chi connectivity index (χ3v) is 4.03. The Hall–Kier alpha value is -2.63. The molecule has 0 aliphatic heterocycles. The van der Waals surface area contributed by atoms with Gasteiger partial charge in [0.05, 0.1) is 6.54 Å². The third-order valence-electron chi connectivity index (χ3n) is 4.03. The van der Waals surface area contributed by atoms with Crippen LogP contribution >= 0.6 is 0 Å². The van der Waals surface area contributed by atoms with E-state index >= 15 is 0 Å². The van der Waals surface area contributed by atoms with Crippen molar-refractivity contribution in [1.29, 1.82) is 0 Å². The smallest absolute Gasteiger partial charge is 0.245 e. The van der Waals surface area contributed by atoms with Gasteiger partial charge in [-0.3, -0.25) is 9.59 Å². The highest BCUT2D eigenvalue weighted by molar-refractivity contribution is 5.93. The van der Waals surface area contributed by atoms with E-state index in [0.717, 1.165) is 12.8 Å². The van der Waals surface area contributed by atoms with Gasteiger partial charge in [0.25, 0.3) is 0 Å². The fraction of sp³-hybridized carbons (Fsp3) is 0.450. The summed E-state index contributed by atoms with van der Waals surface area (Å²) in [6.07, 6.45) is 1.96. The zero-order valence-corrected chi connectivity index (χ0v) is 15.9. The number of hydrogen-bond acceptors (Lipinski definition) is 4. The van der Waals surface area contributed by atoms with E-state index in [2.05, 4.69) is 60.8 Å². The molecule has 1 aromatic heterocycles. The predicted molar refractivity (Wildman–Crippen MR) is 101 cm³/mol. The summed E-state index contributed by atoms with van der Waals surface area (Å²) in [5.41, 5.74) is 2.65. The minimum absolute atomic E-state index is 0.0784. The molecule has 1 heterocycles. The Balaban J connectivity index is 1.66. The zero-order valence-electron chi connectivity index (χ0n) is 15.9. The Bertz CT molecular complexity index is 742. The molecule has 0 bridgehead atoms. The largest absolute Gasteiger partial charge is 0.360 e. The van der Waals surface area contributed by atoms with E-state index in [1.165, 1.54) is 11.1 Å². The molecule has 0 aliphatic carbocycles. The van der Waals surface area contributed by atoms with E-state index in [4.69, 9.17) is 4.52 Å². The van der Waals surface area contributed by atoms with Crippen molar-refractivity contribution in [1.82, 2.24) is 10.5 Å². The molecule has 2 N–H and O–H groups in total. The Labute approximate surface area is 154 Å². The quantitative estimate of drug-likeness (QED) is 0.796. The zero-order chi connectivity index (χ0) is 19.2. The van der Waals surface area contributed by atoms with Crippen LogP contribution in [0.2, 0.25) is 0 Å². The molecule has 0 saturated carbocycles. The Kier molecular flexibility index (Phi) is 6.55. The van der Waals surface area contributed by atoms with Gasteiger partial charge < -0.3 is 15.2 Å². The van der Waals surface area contributed by atoms with Crippen LogP contribution in [-0.2, 0) is 21.4 Å². The summed E-state index contributed by atoms with van der Waals surface area (Å²) in [5, 5.41) is 8.84. The van der Waals surface area contributed by atoms with Crippen molar-refractivity contribution in [2.45, 2.75) is 52.4 Å². The third kappa shape index (κ3) is 6.35. The number of rotatable bonds is 7. The number of aromatic nitrogens is 1. The minimum Gasteiger partial charge on any atom is -0.360 e. The summed E-state index contributed by atoms with van der Waals surface area (Å²) in [4.78, 5) is 23.6. The first-order valence-electron chi connectivity index (χ1n) is 8.83. The van der Waals surface area contributed by atoms with Crippen LogP contribution in [-0.4, -0.2) is 23.5 Å². The van der Waals surface area contributed by atoms with E-state index in [1.807, 2.05) is 0 Å². The van der Waals surface area contributed by atoms with Crippen LogP contribution < -0.4 is 10.6 Å². The summed E-state index contributed by atoms with van der Waals surface area (Å²) >= 11 is 0. The number of aryl methyl sites for hydroxylation is 2. The number of anilines is 1. The van der Waals surface area contributed by atoms with E-state index in [1.54, 1.807) is 13.0 Å². The van der Waals surface area contributed by atoms with E-state index in [9.17, 15) is 9.59 Å². The van der Waals surface area contributed by atoms with Gasteiger partial charge in [-0.1, -0.05) is 50.2 Å². The second-order valence-corrected chi connectivity index (χ2v) is 7.45. The first-order chi connectivity index (χ1) is 12.2. The normalized spacial score (nSPS) is 11.2. The lowest BCUT2D eigenvalue weighted by Crippen LogP contribution is -2.32. The van der Waals surface area contributed by atoms with Gasteiger partial charge in [-0.05, 0) is 36.3 Å². The molecule has 0 spiro atoms. The summed E-state index contributed by atoms with van der Waals surface area (Å²) < 4.78 is 4.86. The maximum absolute atomic E-state index is 11.9. The molecule has 2 amide bonds. The molecule has 26 heavy (non-hydrogen) atoms. The molecule has 6 nitrogen and oxygen atoms in total. The average molecular weight is 357 g/mol. The number of carbonyl (C=O) groups is 2. The van der Waals surface area contributed by atoms with E-state index < -0.39 is 0 Å². The topological polar surface area (TPSA) is 84.2 Å². The molecule has 0 aliphatic rings. The number of amides is 2. The van der Waals surface area contributed by atoms with Crippen molar-refractivity contribution in [3.05, 3.63) is 47.2 Å². The fourth-order valence-corrected chi connectivity index (χ4v) is 2.50.